The number of rotatable bonds is 5. The summed E-state index contributed by atoms with van der Waals surface area (Å²) in [6, 6.07) is 7.46. The summed E-state index contributed by atoms with van der Waals surface area (Å²) in [4.78, 5) is 29.1. The van der Waals surface area contributed by atoms with Crippen molar-refractivity contribution in [3.63, 3.8) is 0 Å². The SMILES string of the molecule is Cn1nc(CCC(=O)N2CCOCC2)c2c1CCN(C(=O)Cc1ccccc1Cl)C2. The minimum atomic E-state index is 0.0629. The van der Waals surface area contributed by atoms with Crippen molar-refractivity contribution in [3.05, 3.63) is 51.8 Å². The predicted molar refractivity (Wildman–Crippen MR) is 113 cm³/mol. The highest BCUT2D eigenvalue weighted by atomic mass is 35.5. The number of benzene rings is 1. The van der Waals surface area contributed by atoms with Crippen molar-refractivity contribution in [1.82, 2.24) is 19.6 Å². The van der Waals surface area contributed by atoms with Gasteiger partial charge in [0.2, 0.25) is 11.8 Å². The van der Waals surface area contributed by atoms with Crippen molar-refractivity contribution in [3.8, 4) is 0 Å². The van der Waals surface area contributed by atoms with Gasteiger partial charge in [-0.05, 0) is 11.6 Å². The molecule has 7 nitrogen and oxygen atoms in total. The molecule has 8 heteroatoms. The molecule has 2 amide bonds. The second kappa shape index (κ2) is 9.18. The number of amides is 2. The molecule has 0 spiro atoms. The molecule has 0 unspecified atom stereocenters. The molecular weight excluding hydrogens is 404 g/mol. The van der Waals surface area contributed by atoms with E-state index in [4.69, 9.17) is 16.3 Å². The van der Waals surface area contributed by atoms with E-state index in [0.29, 0.717) is 63.7 Å². The van der Waals surface area contributed by atoms with Gasteiger partial charge in [0.1, 0.15) is 0 Å². The summed E-state index contributed by atoms with van der Waals surface area (Å²) in [6.45, 7) is 3.73. The Hall–Kier alpha value is -2.38. The number of carbonyl (C=O) groups is 2. The molecule has 3 heterocycles. The quantitative estimate of drug-likeness (QED) is 0.727. The van der Waals surface area contributed by atoms with Crippen molar-refractivity contribution < 1.29 is 14.3 Å². The van der Waals surface area contributed by atoms with Crippen LogP contribution in [-0.2, 0) is 47.2 Å². The smallest absolute Gasteiger partial charge is 0.227 e. The number of ether oxygens (including phenoxy) is 1. The lowest BCUT2D eigenvalue weighted by Gasteiger charge is -2.28. The van der Waals surface area contributed by atoms with E-state index < -0.39 is 0 Å². The fraction of sp³-hybridized carbons (Fsp3) is 0.500. The molecule has 4 rings (SSSR count). The molecule has 1 fully saturated rings. The number of nitrogens with zero attached hydrogens (tertiary/aromatic N) is 4. The lowest BCUT2D eigenvalue weighted by Crippen LogP contribution is -2.40. The number of carbonyl (C=O) groups excluding carboxylic acids is 2. The Morgan fingerprint density at radius 3 is 2.63 bits per heavy atom. The van der Waals surface area contributed by atoms with Crippen LogP contribution >= 0.6 is 11.6 Å². The number of halogens is 1. The van der Waals surface area contributed by atoms with Crippen molar-refractivity contribution in [2.75, 3.05) is 32.8 Å². The third-order valence-electron chi connectivity index (χ3n) is 5.92. The van der Waals surface area contributed by atoms with Crippen molar-refractivity contribution in [2.24, 2.45) is 7.05 Å². The number of hydrogen-bond acceptors (Lipinski definition) is 4. The number of morpholine rings is 1. The van der Waals surface area contributed by atoms with E-state index in [2.05, 4.69) is 5.10 Å². The van der Waals surface area contributed by atoms with Crippen LogP contribution in [0.15, 0.2) is 24.3 Å². The van der Waals surface area contributed by atoms with Crippen LogP contribution in [0.25, 0.3) is 0 Å². The Kier molecular flexibility index (Phi) is 6.39. The average molecular weight is 431 g/mol. The van der Waals surface area contributed by atoms with E-state index in [-0.39, 0.29) is 11.8 Å². The van der Waals surface area contributed by atoms with Gasteiger partial charge in [-0.3, -0.25) is 14.3 Å². The van der Waals surface area contributed by atoms with Gasteiger partial charge in [-0.15, -0.1) is 0 Å². The largest absolute Gasteiger partial charge is 0.378 e. The summed E-state index contributed by atoms with van der Waals surface area (Å²) in [7, 11) is 1.94. The van der Waals surface area contributed by atoms with Crippen LogP contribution in [0, 0.1) is 0 Å². The Labute approximate surface area is 181 Å². The molecule has 30 heavy (non-hydrogen) atoms. The van der Waals surface area contributed by atoms with Crippen LogP contribution in [-0.4, -0.2) is 64.2 Å². The summed E-state index contributed by atoms with van der Waals surface area (Å²) in [6.07, 6.45) is 2.08. The van der Waals surface area contributed by atoms with Gasteiger partial charge in [0.05, 0.1) is 25.3 Å². The van der Waals surface area contributed by atoms with Crippen molar-refractivity contribution in [2.45, 2.75) is 32.2 Å². The minimum absolute atomic E-state index is 0.0629. The van der Waals surface area contributed by atoms with E-state index in [1.165, 1.54) is 0 Å². The van der Waals surface area contributed by atoms with E-state index >= 15 is 0 Å². The third kappa shape index (κ3) is 4.52. The molecule has 0 aliphatic carbocycles. The maximum absolute atomic E-state index is 12.9. The molecule has 0 bridgehead atoms. The summed E-state index contributed by atoms with van der Waals surface area (Å²) < 4.78 is 7.22. The monoisotopic (exact) mass is 430 g/mol. The fourth-order valence-corrected chi connectivity index (χ4v) is 4.40. The molecule has 2 aliphatic rings. The number of aromatic nitrogens is 2. The molecule has 0 radical (unpaired) electrons. The lowest BCUT2D eigenvalue weighted by atomic mass is 10.0. The third-order valence-corrected chi connectivity index (χ3v) is 6.29. The molecule has 2 aromatic rings. The second-order valence-corrected chi connectivity index (χ2v) is 8.23. The van der Waals surface area contributed by atoms with Crippen LogP contribution in [0.1, 0.15) is 28.9 Å². The Morgan fingerprint density at radius 1 is 1.10 bits per heavy atom. The predicted octanol–water partition coefficient (Wildman–Crippen LogP) is 1.99. The molecule has 1 saturated heterocycles. The normalized spacial score (nSPS) is 16.5. The van der Waals surface area contributed by atoms with Gasteiger partial charge < -0.3 is 14.5 Å². The van der Waals surface area contributed by atoms with E-state index in [9.17, 15) is 9.59 Å². The standard InChI is InChI=1S/C22H27ClN4O3/c1-25-20-8-9-27(22(29)14-16-4-2-3-5-18(16)23)15-17(20)19(24-25)6-7-21(28)26-10-12-30-13-11-26/h2-5H,6-15H2,1H3. The van der Waals surface area contributed by atoms with Crippen molar-refractivity contribution in [1.29, 1.82) is 0 Å². The van der Waals surface area contributed by atoms with Gasteiger partial charge in [-0.2, -0.15) is 5.10 Å². The van der Waals surface area contributed by atoms with Gasteiger partial charge in [-0.25, -0.2) is 0 Å². The highest BCUT2D eigenvalue weighted by Crippen LogP contribution is 2.25. The van der Waals surface area contributed by atoms with Crippen LogP contribution in [0.2, 0.25) is 5.02 Å². The first kappa shape index (κ1) is 20.9. The number of aryl methyl sites for hydroxylation is 2. The van der Waals surface area contributed by atoms with Gasteiger partial charge in [0.15, 0.2) is 0 Å². The molecule has 0 N–H and O–H groups in total. The highest BCUT2D eigenvalue weighted by molar-refractivity contribution is 6.31. The average Bonchev–Trinajstić information content (AvgIpc) is 3.09. The van der Waals surface area contributed by atoms with E-state index in [0.717, 1.165) is 28.9 Å². The lowest BCUT2D eigenvalue weighted by molar-refractivity contribution is -0.135. The molecule has 0 atom stereocenters. The Bertz CT molecular complexity index is 936. The van der Waals surface area contributed by atoms with Crippen LogP contribution < -0.4 is 0 Å². The van der Waals surface area contributed by atoms with Crippen LogP contribution in [0.3, 0.4) is 0 Å². The summed E-state index contributed by atoms with van der Waals surface area (Å²) in [5.74, 6) is 0.202. The molecule has 160 valence electrons. The van der Waals surface area contributed by atoms with Crippen LogP contribution in [0.4, 0.5) is 0 Å². The molecule has 1 aromatic heterocycles. The van der Waals surface area contributed by atoms with Gasteiger partial charge in [0, 0.05) is 68.8 Å². The number of fused-ring (bicyclic) bond motifs is 1. The zero-order valence-corrected chi connectivity index (χ0v) is 18.0. The topological polar surface area (TPSA) is 67.7 Å². The summed E-state index contributed by atoms with van der Waals surface area (Å²) in [5.41, 5.74) is 4.01. The zero-order chi connectivity index (χ0) is 21.1. The van der Waals surface area contributed by atoms with Gasteiger partial charge in [0.25, 0.3) is 0 Å². The summed E-state index contributed by atoms with van der Waals surface area (Å²) >= 11 is 6.22. The van der Waals surface area contributed by atoms with Crippen molar-refractivity contribution >= 4 is 23.4 Å². The first-order valence-electron chi connectivity index (χ1n) is 10.4. The Morgan fingerprint density at radius 2 is 1.87 bits per heavy atom. The minimum Gasteiger partial charge on any atom is -0.378 e. The van der Waals surface area contributed by atoms with E-state index in [1.54, 1.807) is 0 Å². The molecule has 2 aliphatic heterocycles. The van der Waals surface area contributed by atoms with E-state index in [1.807, 2.05) is 45.8 Å². The molecule has 0 saturated carbocycles. The summed E-state index contributed by atoms with van der Waals surface area (Å²) in [5, 5.41) is 5.28. The maximum atomic E-state index is 12.9. The molecular formula is C22H27ClN4O3. The van der Waals surface area contributed by atoms with Crippen LogP contribution in [0.5, 0.6) is 0 Å². The maximum Gasteiger partial charge on any atom is 0.227 e. The highest BCUT2D eigenvalue weighted by Gasteiger charge is 2.27. The number of hydrogen-bond donors (Lipinski definition) is 0. The first-order valence-corrected chi connectivity index (χ1v) is 10.8. The Balaban J connectivity index is 1.42. The second-order valence-electron chi connectivity index (χ2n) is 7.82. The fourth-order valence-electron chi connectivity index (χ4n) is 4.20. The van der Waals surface area contributed by atoms with Gasteiger partial charge in [-0.1, -0.05) is 29.8 Å². The zero-order valence-electron chi connectivity index (χ0n) is 17.3. The molecule has 1 aromatic carbocycles. The van der Waals surface area contributed by atoms with Gasteiger partial charge >= 0.3 is 0 Å². The first-order chi connectivity index (χ1) is 14.5.